The van der Waals surface area contributed by atoms with E-state index in [-0.39, 0.29) is 24.0 Å². The molecule has 0 unspecified atom stereocenters. The Bertz CT molecular complexity index is 1370. The number of anilines is 1. The van der Waals surface area contributed by atoms with Crippen molar-refractivity contribution in [3.05, 3.63) is 102 Å². The molecule has 0 aromatic heterocycles. The number of rotatable bonds is 5. The van der Waals surface area contributed by atoms with Gasteiger partial charge in [-0.1, -0.05) is 99.7 Å². The van der Waals surface area contributed by atoms with Gasteiger partial charge in [0.15, 0.2) is 11.2 Å². The Morgan fingerprint density at radius 1 is 0.919 bits per heavy atom. The zero-order valence-electron chi connectivity index (χ0n) is 21.7. The molecule has 0 saturated heterocycles. The van der Waals surface area contributed by atoms with Crippen molar-refractivity contribution in [1.29, 1.82) is 0 Å². The minimum atomic E-state index is -1.38. The smallest absolute Gasteiger partial charge is 0.267 e. The molecule has 1 amide bonds. The van der Waals surface area contributed by atoms with E-state index in [1.165, 1.54) is 5.01 Å². The van der Waals surface area contributed by atoms with Gasteiger partial charge in [-0.15, -0.1) is 0 Å². The summed E-state index contributed by atoms with van der Waals surface area (Å²) < 4.78 is 5.56. The van der Waals surface area contributed by atoms with Crippen molar-refractivity contribution >= 4 is 29.2 Å². The van der Waals surface area contributed by atoms with Crippen LogP contribution >= 0.6 is 0 Å². The lowest BCUT2D eigenvalue weighted by Crippen LogP contribution is -2.51. The second-order valence-electron chi connectivity index (χ2n) is 10.7. The second kappa shape index (κ2) is 9.47. The van der Waals surface area contributed by atoms with Crippen LogP contribution in [0.3, 0.4) is 0 Å². The monoisotopic (exact) mass is 492 g/mol. The average molecular weight is 493 g/mol. The lowest BCUT2D eigenvalue weighted by Gasteiger charge is -2.35. The second-order valence-corrected chi connectivity index (χ2v) is 10.7. The number of hydrogen-bond acceptors (Lipinski definition) is 4. The van der Waals surface area contributed by atoms with Crippen LogP contribution in [0.5, 0.6) is 5.75 Å². The van der Waals surface area contributed by atoms with Crippen LogP contribution in [0.15, 0.2) is 96.1 Å². The molecule has 1 spiro atoms. The first-order valence-electron chi connectivity index (χ1n) is 12.7. The number of Topliss-reactive ketones (excluding diaryl/α,β-unsaturated/α-hetero) is 1. The predicted molar refractivity (Wildman–Crippen MR) is 148 cm³/mol. The first kappa shape index (κ1) is 24.7. The van der Waals surface area contributed by atoms with Gasteiger partial charge in [0.2, 0.25) is 0 Å². The highest BCUT2D eigenvalue weighted by atomic mass is 16.5. The Labute approximate surface area is 218 Å². The fraction of sp³-hybridized carbons (Fsp3) is 0.281. The third kappa shape index (κ3) is 4.08. The molecule has 1 saturated carbocycles. The van der Waals surface area contributed by atoms with Crippen LogP contribution in [-0.4, -0.2) is 24.5 Å². The number of ether oxygens (including phenoxy) is 1. The zero-order chi connectivity index (χ0) is 26.2. The van der Waals surface area contributed by atoms with E-state index in [0.29, 0.717) is 11.4 Å². The average Bonchev–Trinajstić information content (AvgIpc) is 3.38. The molecule has 5 rings (SSSR count). The van der Waals surface area contributed by atoms with Crippen molar-refractivity contribution in [2.24, 2.45) is 21.8 Å². The van der Waals surface area contributed by atoms with Crippen molar-refractivity contribution in [2.75, 3.05) is 12.1 Å². The quantitative estimate of drug-likeness (QED) is 0.381. The molecule has 0 bridgehead atoms. The number of para-hydroxylation sites is 2. The van der Waals surface area contributed by atoms with Gasteiger partial charge < -0.3 is 4.74 Å². The summed E-state index contributed by atoms with van der Waals surface area (Å²) in [6.45, 7) is 6.08. The number of allylic oxidation sites excluding steroid dienone is 1. The Morgan fingerprint density at radius 3 is 2.19 bits per heavy atom. The summed E-state index contributed by atoms with van der Waals surface area (Å²) in [5, 5.41) is 6.32. The van der Waals surface area contributed by atoms with Gasteiger partial charge in [0, 0.05) is 23.3 Å². The molecule has 37 heavy (non-hydrogen) atoms. The zero-order valence-corrected chi connectivity index (χ0v) is 21.7. The summed E-state index contributed by atoms with van der Waals surface area (Å²) in [7, 11) is 1.64. The molecule has 1 aliphatic carbocycles. The molecule has 188 valence electrons. The number of amides is 1. The Morgan fingerprint density at radius 2 is 1.54 bits per heavy atom. The van der Waals surface area contributed by atoms with Crippen LogP contribution in [-0.2, 0) is 9.59 Å². The maximum atomic E-state index is 14.5. The lowest BCUT2D eigenvalue weighted by molar-refractivity contribution is -0.134. The molecule has 1 heterocycles. The molecule has 2 aliphatic rings. The third-order valence-corrected chi connectivity index (χ3v) is 7.44. The summed E-state index contributed by atoms with van der Waals surface area (Å²) in [5.41, 5.74) is 1.33. The summed E-state index contributed by atoms with van der Waals surface area (Å²) in [5.74, 6) is -0.185. The van der Waals surface area contributed by atoms with Gasteiger partial charge in [0.05, 0.1) is 18.5 Å². The third-order valence-electron chi connectivity index (χ3n) is 7.44. The lowest BCUT2D eigenvalue weighted by atomic mass is 9.63. The van der Waals surface area contributed by atoms with Crippen molar-refractivity contribution in [3.63, 3.8) is 0 Å². The highest BCUT2D eigenvalue weighted by Gasteiger charge is 2.67. The summed E-state index contributed by atoms with van der Waals surface area (Å²) in [4.78, 5) is 28.6. The number of carbonyl (C=O) groups excluding carboxylic acids is 2. The number of nitrogens with zero attached hydrogens (tertiary/aromatic N) is 2. The minimum absolute atomic E-state index is 0.0758. The molecule has 3 aromatic carbocycles. The number of hydrogen-bond donors (Lipinski definition) is 0. The number of ketones is 1. The van der Waals surface area contributed by atoms with Crippen molar-refractivity contribution in [3.8, 4) is 5.75 Å². The molecule has 1 aliphatic heterocycles. The van der Waals surface area contributed by atoms with Gasteiger partial charge in [-0.3, -0.25) is 9.59 Å². The minimum Gasteiger partial charge on any atom is -0.496 e. The van der Waals surface area contributed by atoms with Crippen molar-refractivity contribution in [1.82, 2.24) is 0 Å². The van der Waals surface area contributed by atoms with E-state index in [2.05, 4.69) is 0 Å². The molecular weight excluding hydrogens is 460 g/mol. The normalized spacial score (nSPS) is 23.8. The van der Waals surface area contributed by atoms with E-state index in [1.54, 1.807) is 7.11 Å². The fourth-order valence-electron chi connectivity index (χ4n) is 5.82. The van der Waals surface area contributed by atoms with Gasteiger partial charge in [0.1, 0.15) is 5.75 Å². The Hall–Kier alpha value is -3.99. The molecule has 3 aromatic rings. The topological polar surface area (TPSA) is 59.0 Å². The highest BCUT2D eigenvalue weighted by molar-refractivity contribution is 6.34. The van der Waals surface area contributed by atoms with Crippen LogP contribution in [0.25, 0.3) is 6.08 Å². The molecule has 5 nitrogen and oxygen atoms in total. The standard InChI is InChI=1S/C32H32N2O3/c1-31(2,3)29-32(30(36)34(33-29)24-16-9-6-10-17-24)26(20-19-23-15-11-12-18-27(23)37-4)25(21-28(32)35)22-13-7-5-8-14-22/h5-20,25-26H,21H2,1-4H3/b20-19+/t25-,26-,32-/m1/s1. The molecule has 0 radical (unpaired) electrons. The number of benzene rings is 3. The Kier molecular flexibility index (Phi) is 6.32. The van der Waals surface area contributed by atoms with E-state index in [9.17, 15) is 9.59 Å². The summed E-state index contributed by atoms with van der Waals surface area (Å²) >= 11 is 0. The van der Waals surface area contributed by atoms with Crippen LogP contribution in [0, 0.1) is 16.7 Å². The van der Waals surface area contributed by atoms with Gasteiger partial charge in [-0.05, 0) is 29.7 Å². The summed E-state index contributed by atoms with van der Waals surface area (Å²) in [6, 6.07) is 27.1. The number of hydrazone groups is 1. The maximum Gasteiger partial charge on any atom is 0.267 e. The molecule has 5 heteroatoms. The van der Waals surface area contributed by atoms with E-state index in [4.69, 9.17) is 9.84 Å². The fourth-order valence-corrected chi connectivity index (χ4v) is 5.82. The molecule has 0 N–H and O–H groups in total. The van der Waals surface area contributed by atoms with Gasteiger partial charge in [0.25, 0.3) is 5.91 Å². The molecular formula is C32H32N2O3. The van der Waals surface area contributed by atoms with Crippen LogP contribution in [0.4, 0.5) is 5.69 Å². The first-order valence-corrected chi connectivity index (χ1v) is 12.7. The largest absolute Gasteiger partial charge is 0.496 e. The van der Waals surface area contributed by atoms with E-state index >= 15 is 0 Å². The number of carbonyl (C=O) groups is 2. The van der Waals surface area contributed by atoms with E-state index in [0.717, 1.165) is 16.9 Å². The number of methoxy groups -OCH3 is 1. The van der Waals surface area contributed by atoms with Gasteiger partial charge in [-0.25, -0.2) is 0 Å². The van der Waals surface area contributed by atoms with Crippen LogP contribution in [0.1, 0.15) is 44.2 Å². The summed E-state index contributed by atoms with van der Waals surface area (Å²) in [6.07, 6.45) is 4.29. The molecule has 1 fully saturated rings. The highest BCUT2D eigenvalue weighted by Crippen LogP contribution is 2.57. The Balaban J connectivity index is 1.71. The van der Waals surface area contributed by atoms with Crippen LogP contribution in [0.2, 0.25) is 0 Å². The van der Waals surface area contributed by atoms with Gasteiger partial charge in [-0.2, -0.15) is 10.1 Å². The van der Waals surface area contributed by atoms with Crippen LogP contribution < -0.4 is 9.75 Å². The maximum absolute atomic E-state index is 14.5. The van der Waals surface area contributed by atoms with E-state index in [1.807, 2.05) is 118 Å². The van der Waals surface area contributed by atoms with Crippen molar-refractivity contribution in [2.45, 2.75) is 33.1 Å². The predicted octanol–water partition coefficient (Wildman–Crippen LogP) is 6.52. The molecule has 3 atom stereocenters. The van der Waals surface area contributed by atoms with Gasteiger partial charge >= 0.3 is 0 Å². The van der Waals surface area contributed by atoms with Crippen molar-refractivity contribution < 1.29 is 14.3 Å². The van der Waals surface area contributed by atoms with E-state index < -0.39 is 16.7 Å². The first-order chi connectivity index (χ1) is 17.8. The SMILES string of the molecule is COc1ccccc1/C=C/[C@@H]1[C@@H](c2ccccc2)CC(=O)[C@]12C(=O)N(c1ccccc1)N=C2C(C)(C)C.